The summed E-state index contributed by atoms with van der Waals surface area (Å²) in [6.45, 7) is 10.8. The SMILES string of the molecule is CCN(CC)c1ccc(CNC(=O)COc2ccc(C)cc2C)cc1. The molecular weight excluding hydrogens is 312 g/mol. The molecule has 2 aromatic carbocycles. The van der Waals surface area contributed by atoms with Crippen LogP contribution in [0.25, 0.3) is 0 Å². The minimum Gasteiger partial charge on any atom is -0.484 e. The number of aryl methyl sites for hydroxylation is 2. The van der Waals surface area contributed by atoms with Gasteiger partial charge in [-0.2, -0.15) is 0 Å². The fourth-order valence-corrected chi connectivity index (χ4v) is 2.77. The second-order valence-electron chi connectivity index (χ2n) is 6.17. The van der Waals surface area contributed by atoms with E-state index in [0.29, 0.717) is 6.54 Å². The highest BCUT2D eigenvalue weighted by Crippen LogP contribution is 2.18. The summed E-state index contributed by atoms with van der Waals surface area (Å²) in [5, 5.41) is 2.90. The van der Waals surface area contributed by atoms with Gasteiger partial charge in [-0.05, 0) is 57.0 Å². The molecule has 0 saturated heterocycles. The van der Waals surface area contributed by atoms with E-state index in [1.54, 1.807) is 0 Å². The maximum absolute atomic E-state index is 12.0. The van der Waals surface area contributed by atoms with Gasteiger partial charge in [0.05, 0.1) is 0 Å². The van der Waals surface area contributed by atoms with E-state index in [9.17, 15) is 4.79 Å². The topological polar surface area (TPSA) is 41.6 Å². The van der Waals surface area contributed by atoms with Gasteiger partial charge in [0.2, 0.25) is 0 Å². The number of nitrogens with zero attached hydrogens (tertiary/aromatic N) is 1. The van der Waals surface area contributed by atoms with Crippen molar-refractivity contribution in [1.29, 1.82) is 0 Å². The third-order valence-electron chi connectivity index (χ3n) is 4.24. The molecule has 4 heteroatoms. The predicted molar refractivity (Wildman–Crippen MR) is 103 cm³/mol. The Labute approximate surface area is 150 Å². The summed E-state index contributed by atoms with van der Waals surface area (Å²) in [6, 6.07) is 14.2. The van der Waals surface area contributed by atoms with E-state index in [0.717, 1.165) is 30.0 Å². The Morgan fingerprint density at radius 3 is 2.32 bits per heavy atom. The average Bonchev–Trinajstić information content (AvgIpc) is 2.61. The van der Waals surface area contributed by atoms with Crippen LogP contribution in [0.15, 0.2) is 42.5 Å². The van der Waals surface area contributed by atoms with Gasteiger partial charge in [-0.25, -0.2) is 0 Å². The van der Waals surface area contributed by atoms with E-state index in [1.807, 2.05) is 32.0 Å². The maximum Gasteiger partial charge on any atom is 0.258 e. The van der Waals surface area contributed by atoms with Crippen LogP contribution in [0.2, 0.25) is 0 Å². The molecule has 0 aliphatic carbocycles. The van der Waals surface area contributed by atoms with Crippen molar-refractivity contribution in [3.05, 3.63) is 59.2 Å². The third kappa shape index (κ3) is 5.52. The van der Waals surface area contributed by atoms with Gasteiger partial charge in [-0.3, -0.25) is 4.79 Å². The van der Waals surface area contributed by atoms with E-state index >= 15 is 0 Å². The number of anilines is 1. The number of carbonyl (C=O) groups excluding carboxylic acids is 1. The Morgan fingerprint density at radius 1 is 1.04 bits per heavy atom. The summed E-state index contributed by atoms with van der Waals surface area (Å²) in [4.78, 5) is 14.3. The number of amides is 1. The Morgan fingerprint density at radius 2 is 1.72 bits per heavy atom. The van der Waals surface area contributed by atoms with Crippen molar-refractivity contribution in [3.63, 3.8) is 0 Å². The Bertz CT molecular complexity index is 692. The van der Waals surface area contributed by atoms with Crippen LogP contribution in [0.1, 0.15) is 30.5 Å². The first-order chi connectivity index (χ1) is 12.0. The number of carbonyl (C=O) groups is 1. The quantitative estimate of drug-likeness (QED) is 0.794. The summed E-state index contributed by atoms with van der Waals surface area (Å²) in [5.41, 5.74) is 4.51. The highest BCUT2D eigenvalue weighted by Gasteiger charge is 2.06. The second-order valence-corrected chi connectivity index (χ2v) is 6.17. The largest absolute Gasteiger partial charge is 0.484 e. The smallest absolute Gasteiger partial charge is 0.258 e. The summed E-state index contributed by atoms with van der Waals surface area (Å²) in [5.74, 6) is 0.636. The van der Waals surface area contributed by atoms with Crippen molar-refractivity contribution in [3.8, 4) is 5.75 Å². The molecule has 0 saturated carbocycles. The van der Waals surface area contributed by atoms with E-state index in [1.165, 1.54) is 11.3 Å². The maximum atomic E-state index is 12.0. The molecule has 1 N–H and O–H groups in total. The molecule has 0 spiro atoms. The Kier molecular flexibility index (Phi) is 6.87. The van der Waals surface area contributed by atoms with Gasteiger partial charge in [0.1, 0.15) is 5.75 Å². The summed E-state index contributed by atoms with van der Waals surface area (Å²) in [7, 11) is 0. The third-order valence-corrected chi connectivity index (χ3v) is 4.24. The van der Waals surface area contributed by atoms with Gasteiger partial charge in [0.25, 0.3) is 5.91 Å². The van der Waals surface area contributed by atoms with Crippen molar-refractivity contribution in [2.24, 2.45) is 0 Å². The Balaban J connectivity index is 1.81. The van der Waals surface area contributed by atoms with Crippen LogP contribution >= 0.6 is 0 Å². The van der Waals surface area contributed by atoms with Crippen LogP contribution in [0.5, 0.6) is 5.75 Å². The molecule has 2 aromatic rings. The number of rotatable bonds is 8. The van der Waals surface area contributed by atoms with Crippen LogP contribution in [-0.2, 0) is 11.3 Å². The van der Waals surface area contributed by atoms with Crippen LogP contribution < -0.4 is 15.0 Å². The van der Waals surface area contributed by atoms with E-state index in [4.69, 9.17) is 4.74 Å². The van der Waals surface area contributed by atoms with Crippen molar-refractivity contribution < 1.29 is 9.53 Å². The van der Waals surface area contributed by atoms with Crippen molar-refractivity contribution in [1.82, 2.24) is 5.32 Å². The number of ether oxygens (including phenoxy) is 1. The molecule has 1 amide bonds. The zero-order chi connectivity index (χ0) is 18.2. The van der Waals surface area contributed by atoms with Crippen LogP contribution in [-0.4, -0.2) is 25.6 Å². The predicted octanol–water partition coefficient (Wildman–Crippen LogP) is 3.84. The number of nitrogens with one attached hydrogen (secondary N) is 1. The first-order valence-electron chi connectivity index (χ1n) is 8.84. The lowest BCUT2D eigenvalue weighted by Crippen LogP contribution is -2.28. The molecular formula is C21H28N2O2. The first kappa shape index (κ1) is 18.8. The lowest BCUT2D eigenvalue weighted by molar-refractivity contribution is -0.123. The number of hydrogen-bond donors (Lipinski definition) is 1. The van der Waals surface area contributed by atoms with Crippen LogP contribution in [0, 0.1) is 13.8 Å². The summed E-state index contributed by atoms with van der Waals surface area (Å²) >= 11 is 0. The van der Waals surface area contributed by atoms with Gasteiger partial charge in [-0.15, -0.1) is 0 Å². The summed E-state index contributed by atoms with van der Waals surface area (Å²) < 4.78 is 5.60. The Hall–Kier alpha value is -2.49. The molecule has 0 aliphatic heterocycles. The van der Waals surface area contributed by atoms with E-state index < -0.39 is 0 Å². The number of benzene rings is 2. The monoisotopic (exact) mass is 340 g/mol. The molecule has 0 atom stereocenters. The molecule has 0 fully saturated rings. The normalized spacial score (nSPS) is 10.4. The standard InChI is InChI=1S/C21H28N2O2/c1-5-23(6-2)19-10-8-18(9-11-19)14-22-21(24)15-25-20-12-7-16(3)13-17(20)4/h7-13H,5-6,14-15H2,1-4H3,(H,22,24). The molecule has 0 aliphatic rings. The summed E-state index contributed by atoms with van der Waals surface area (Å²) in [6.07, 6.45) is 0. The van der Waals surface area contributed by atoms with Gasteiger partial charge in [0.15, 0.2) is 6.61 Å². The highest BCUT2D eigenvalue weighted by atomic mass is 16.5. The fourth-order valence-electron chi connectivity index (χ4n) is 2.77. The first-order valence-corrected chi connectivity index (χ1v) is 8.84. The molecule has 0 aromatic heterocycles. The van der Waals surface area contributed by atoms with Gasteiger partial charge in [0, 0.05) is 25.3 Å². The molecule has 25 heavy (non-hydrogen) atoms. The minimum atomic E-state index is -0.118. The zero-order valence-electron chi connectivity index (χ0n) is 15.6. The molecule has 4 nitrogen and oxygen atoms in total. The van der Waals surface area contributed by atoms with Gasteiger partial charge in [-0.1, -0.05) is 29.8 Å². The van der Waals surface area contributed by atoms with E-state index in [2.05, 4.69) is 48.3 Å². The van der Waals surface area contributed by atoms with Crippen LogP contribution in [0.4, 0.5) is 5.69 Å². The average molecular weight is 340 g/mol. The van der Waals surface area contributed by atoms with Gasteiger partial charge >= 0.3 is 0 Å². The zero-order valence-corrected chi connectivity index (χ0v) is 15.6. The molecule has 0 unspecified atom stereocenters. The van der Waals surface area contributed by atoms with Crippen molar-refractivity contribution in [2.75, 3.05) is 24.6 Å². The van der Waals surface area contributed by atoms with Crippen LogP contribution in [0.3, 0.4) is 0 Å². The highest BCUT2D eigenvalue weighted by molar-refractivity contribution is 5.77. The lowest BCUT2D eigenvalue weighted by Gasteiger charge is -2.21. The fraction of sp³-hybridized carbons (Fsp3) is 0.381. The van der Waals surface area contributed by atoms with Crippen molar-refractivity contribution in [2.45, 2.75) is 34.2 Å². The van der Waals surface area contributed by atoms with E-state index in [-0.39, 0.29) is 12.5 Å². The van der Waals surface area contributed by atoms with Crippen molar-refractivity contribution >= 4 is 11.6 Å². The molecule has 0 bridgehead atoms. The van der Waals surface area contributed by atoms with Gasteiger partial charge < -0.3 is 15.0 Å². The minimum absolute atomic E-state index is 0.0292. The second kappa shape index (κ2) is 9.11. The molecule has 0 radical (unpaired) electrons. The molecule has 0 heterocycles. The number of hydrogen-bond acceptors (Lipinski definition) is 3. The molecule has 134 valence electrons. The molecule has 2 rings (SSSR count). The lowest BCUT2D eigenvalue weighted by atomic mass is 10.1.